The van der Waals surface area contributed by atoms with Crippen molar-refractivity contribution in [2.24, 2.45) is 0 Å². The van der Waals surface area contributed by atoms with Gasteiger partial charge in [-0.15, -0.1) is 0 Å². The normalized spacial score (nSPS) is 41.8. The van der Waals surface area contributed by atoms with E-state index in [4.69, 9.17) is 9.47 Å². The highest BCUT2D eigenvalue weighted by Crippen LogP contribution is 2.52. The number of ether oxygens (including phenoxy) is 2. The first-order valence-corrected chi connectivity index (χ1v) is 7.41. The highest BCUT2D eigenvalue weighted by Gasteiger charge is 2.56. The third-order valence-corrected chi connectivity index (χ3v) is 5.38. The van der Waals surface area contributed by atoms with Crippen LogP contribution in [0.4, 0.5) is 0 Å². The molecular formula is C16H17NO4. The molecule has 5 heteroatoms. The lowest BCUT2D eigenvalue weighted by Crippen LogP contribution is -2.47. The highest BCUT2D eigenvalue weighted by atomic mass is 16.7. The summed E-state index contributed by atoms with van der Waals surface area (Å²) in [6.07, 6.45) is 3.65. The van der Waals surface area contributed by atoms with Crippen molar-refractivity contribution in [2.75, 3.05) is 13.3 Å². The number of hydrogen-bond donors (Lipinski definition) is 2. The van der Waals surface area contributed by atoms with Crippen molar-refractivity contribution in [2.45, 2.75) is 36.6 Å². The van der Waals surface area contributed by atoms with Gasteiger partial charge in [0, 0.05) is 25.0 Å². The number of aliphatic hydroxyl groups excluding tert-OH is 1. The lowest BCUT2D eigenvalue weighted by molar-refractivity contribution is 0.00843. The van der Waals surface area contributed by atoms with Crippen molar-refractivity contribution in [1.29, 1.82) is 0 Å². The number of hydrogen-bond acceptors (Lipinski definition) is 5. The molecule has 5 atom stereocenters. The summed E-state index contributed by atoms with van der Waals surface area (Å²) in [5.41, 5.74) is 1.46. The maximum atomic E-state index is 11.2. The minimum Gasteiger partial charge on any atom is -0.454 e. The van der Waals surface area contributed by atoms with E-state index in [2.05, 4.69) is 4.90 Å². The van der Waals surface area contributed by atoms with Crippen LogP contribution in [-0.2, 0) is 6.54 Å². The molecule has 0 saturated carbocycles. The first-order valence-electron chi connectivity index (χ1n) is 7.41. The zero-order valence-electron chi connectivity index (χ0n) is 11.5. The van der Waals surface area contributed by atoms with Gasteiger partial charge in [-0.25, -0.2) is 0 Å². The predicted molar refractivity (Wildman–Crippen MR) is 74.2 cm³/mol. The molecule has 5 nitrogen and oxygen atoms in total. The minimum absolute atomic E-state index is 0.0217. The molecule has 1 fully saturated rings. The number of rotatable bonds is 0. The fraction of sp³-hybridized carbons (Fsp3) is 0.500. The van der Waals surface area contributed by atoms with E-state index < -0.39 is 11.7 Å². The average molecular weight is 287 g/mol. The van der Waals surface area contributed by atoms with Crippen LogP contribution in [0.15, 0.2) is 24.3 Å². The summed E-state index contributed by atoms with van der Waals surface area (Å²) in [6.45, 7) is 1.88. The molecule has 0 radical (unpaired) electrons. The molecule has 1 aliphatic carbocycles. The Hall–Kier alpha value is -1.56. The maximum absolute atomic E-state index is 11.2. The van der Waals surface area contributed by atoms with Crippen molar-refractivity contribution in [3.8, 4) is 11.5 Å². The van der Waals surface area contributed by atoms with Gasteiger partial charge >= 0.3 is 0 Å². The third-order valence-electron chi connectivity index (χ3n) is 5.38. The monoisotopic (exact) mass is 287 g/mol. The number of nitrogens with zero attached hydrogens (tertiary/aromatic N) is 1. The molecule has 1 unspecified atom stereocenters. The summed E-state index contributed by atoms with van der Waals surface area (Å²) >= 11 is 0. The van der Waals surface area contributed by atoms with Gasteiger partial charge in [-0.05, 0) is 29.7 Å². The lowest BCUT2D eigenvalue weighted by Gasteiger charge is -2.36. The van der Waals surface area contributed by atoms with Crippen LogP contribution in [-0.4, -0.2) is 46.2 Å². The Kier molecular flexibility index (Phi) is 2.17. The van der Waals surface area contributed by atoms with Gasteiger partial charge in [-0.3, -0.25) is 4.90 Å². The van der Waals surface area contributed by atoms with Gasteiger partial charge in [0.2, 0.25) is 6.79 Å². The Morgan fingerprint density at radius 1 is 1.24 bits per heavy atom. The fourth-order valence-corrected chi connectivity index (χ4v) is 4.37. The molecule has 0 aromatic heterocycles. The van der Waals surface area contributed by atoms with Gasteiger partial charge < -0.3 is 19.7 Å². The molecule has 3 aliphatic heterocycles. The van der Waals surface area contributed by atoms with Crippen LogP contribution in [0.3, 0.4) is 0 Å². The van der Waals surface area contributed by atoms with Crippen LogP contribution in [0.2, 0.25) is 0 Å². The second-order valence-corrected chi connectivity index (χ2v) is 6.45. The molecule has 3 heterocycles. The standard InChI is InChI=1S/C16H17NO4/c18-10-1-2-16(19)12-7-17(15(16)4-10)6-9-3-13-14(5-11(9)12)21-8-20-13/h1-3,5,10,12,15,18-19H,4,6-8H2/t10-,12+,15+,16-/m1/s1. The van der Waals surface area contributed by atoms with Crippen molar-refractivity contribution < 1.29 is 19.7 Å². The summed E-state index contributed by atoms with van der Waals surface area (Å²) in [4.78, 5) is 2.28. The second-order valence-electron chi connectivity index (χ2n) is 6.45. The number of aliphatic hydroxyl groups is 2. The Labute approximate surface area is 122 Å². The van der Waals surface area contributed by atoms with Crippen LogP contribution in [0.5, 0.6) is 11.5 Å². The van der Waals surface area contributed by atoms with E-state index in [0.29, 0.717) is 6.42 Å². The Morgan fingerprint density at radius 3 is 2.90 bits per heavy atom. The molecule has 1 aromatic carbocycles. The number of fused-ring (bicyclic) bond motifs is 8. The first-order chi connectivity index (χ1) is 10.1. The quantitative estimate of drug-likeness (QED) is 0.690. The highest BCUT2D eigenvalue weighted by molar-refractivity contribution is 5.53. The van der Waals surface area contributed by atoms with E-state index in [0.717, 1.165) is 30.2 Å². The SMILES string of the molecule is O[C@@H]1C=C[C@]2(O)[C@H](C1)N1Cc3cc4c(cc3[C@@H]2C1)OCO4. The summed E-state index contributed by atoms with van der Waals surface area (Å²) < 4.78 is 10.9. The average Bonchev–Trinajstić information content (AvgIpc) is 3.01. The zero-order valence-corrected chi connectivity index (χ0v) is 11.5. The summed E-state index contributed by atoms with van der Waals surface area (Å²) in [5.74, 6) is 1.60. The molecule has 21 heavy (non-hydrogen) atoms. The second kappa shape index (κ2) is 3.80. The van der Waals surface area contributed by atoms with E-state index in [1.165, 1.54) is 5.56 Å². The molecular weight excluding hydrogens is 270 g/mol. The van der Waals surface area contributed by atoms with Crippen molar-refractivity contribution in [3.05, 3.63) is 35.4 Å². The summed E-state index contributed by atoms with van der Waals surface area (Å²) in [5, 5.41) is 21.1. The van der Waals surface area contributed by atoms with Crippen LogP contribution < -0.4 is 9.47 Å². The molecule has 2 bridgehead atoms. The van der Waals surface area contributed by atoms with Crippen molar-refractivity contribution in [1.82, 2.24) is 4.90 Å². The topological polar surface area (TPSA) is 62.2 Å². The van der Waals surface area contributed by atoms with Crippen LogP contribution in [0.1, 0.15) is 23.5 Å². The lowest BCUT2D eigenvalue weighted by atomic mass is 9.75. The smallest absolute Gasteiger partial charge is 0.231 e. The largest absolute Gasteiger partial charge is 0.454 e. The van der Waals surface area contributed by atoms with Crippen molar-refractivity contribution >= 4 is 0 Å². The van der Waals surface area contributed by atoms with Gasteiger partial charge in [0.1, 0.15) is 5.60 Å². The van der Waals surface area contributed by atoms with Gasteiger partial charge in [0.25, 0.3) is 0 Å². The van der Waals surface area contributed by atoms with Gasteiger partial charge in [-0.2, -0.15) is 0 Å². The molecule has 2 N–H and O–H groups in total. The van der Waals surface area contributed by atoms with Gasteiger partial charge in [-0.1, -0.05) is 12.2 Å². The Morgan fingerprint density at radius 2 is 2.05 bits per heavy atom. The molecule has 4 aliphatic rings. The van der Waals surface area contributed by atoms with Crippen molar-refractivity contribution in [3.63, 3.8) is 0 Å². The van der Waals surface area contributed by atoms with Crippen LogP contribution in [0.25, 0.3) is 0 Å². The van der Waals surface area contributed by atoms with E-state index >= 15 is 0 Å². The van der Waals surface area contributed by atoms with E-state index in [-0.39, 0.29) is 18.8 Å². The molecule has 5 rings (SSSR count). The molecule has 110 valence electrons. The molecule has 0 amide bonds. The van der Waals surface area contributed by atoms with E-state index in [1.54, 1.807) is 12.2 Å². The maximum Gasteiger partial charge on any atom is 0.231 e. The summed E-state index contributed by atoms with van der Waals surface area (Å²) in [6, 6.07) is 4.04. The molecule has 0 spiro atoms. The van der Waals surface area contributed by atoms with E-state index in [1.807, 2.05) is 12.1 Å². The summed E-state index contributed by atoms with van der Waals surface area (Å²) in [7, 11) is 0. The fourth-order valence-electron chi connectivity index (χ4n) is 4.37. The van der Waals surface area contributed by atoms with Crippen LogP contribution >= 0.6 is 0 Å². The van der Waals surface area contributed by atoms with E-state index in [9.17, 15) is 10.2 Å². The molecule has 1 aromatic rings. The number of benzene rings is 1. The predicted octanol–water partition coefficient (Wildman–Crippen LogP) is 0.749. The third kappa shape index (κ3) is 1.46. The zero-order chi connectivity index (χ0) is 14.2. The first kappa shape index (κ1) is 12.0. The Bertz CT molecular complexity index is 658. The van der Waals surface area contributed by atoms with Crippen LogP contribution in [0, 0.1) is 0 Å². The molecule has 1 saturated heterocycles. The minimum atomic E-state index is -0.891. The Balaban J connectivity index is 1.66. The van der Waals surface area contributed by atoms with Gasteiger partial charge in [0.05, 0.1) is 6.10 Å². The van der Waals surface area contributed by atoms with Gasteiger partial charge in [0.15, 0.2) is 11.5 Å².